The monoisotopic (exact) mass is 361 g/mol. The summed E-state index contributed by atoms with van der Waals surface area (Å²) in [6, 6.07) is 16.0. The summed E-state index contributed by atoms with van der Waals surface area (Å²) in [5.74, 6) is -0.324. The topological polar surface area (TPSA) is 65.2 Å². The molecule has 1 aromatic heterocycles. The lowest BCUT2D eigenvalue weighted by Gasteiger charge is -2.17. The zero-order chi connectivity index (χ0) is 18.8. The second-order valence-electron chi connectivity index (χ2n) is 7.14. The first-order chi connectivity index (χ1) is 13.1. The van der Waals surface area contributed by atoms with E-state index in [1.165, 1.54) is 10.9 Å². The third-order valence-electron chi connectivity index (χ3n) is 5.21. The number of carbonyl (C=O) groups is 2. The largest absolute Gasteiger partial charge is 0.361 e. The highest BCUT2D eigenvalue weighted by Crippen LogP contribution is 2.25. The van der Waals surface area contributed by atoms with Crippen molar-refractivity contribution in [2.75, 3.05) is 18.0 Å². The molecular formula is C22H23N3O2. The van der Waals surface area contributed by atoms with Gasteiger partial charge in [0.15, 0.2) is 0 Å². The Morgan fingerprint density at radius 1 is 1.19 bits per heavy atom. The van der Waals surface area contributed by atoms with E-state index in [1.54, 1.807) is 4.90 Å². The number of para-hydroxylation sites is 1. The van der Waals surface area contributed by atoms with Gasteiger partial charge in [-0.05, 0) is 37.1 Å². The van der Waals surface area contributed by atoms with E-state index in [9.17, 15) is 9.59 Å². The van der Waals surface area contributed by atoms with Crippen LogP contribution in [0, 0.1) is 12.8 Å². The predicted octanol–water partition coefficient (Wildman–Crippen LogP) is 3.19. The zero-order valence-electron chi connectivity index (χ0n) is 15.4. The summed E-state index contributed by atoms with van der Waals surface area (Å²) in [5, 5.41) is 4.19. The number of H-pyrrole nitrogens is 1. The number of amides is 2. The van der Waals surface area contributed by atoms with Crippen molar-refractivity contribution in [2.45, 2.75) is 19.8 Å². The molecule has 1 unspecified atom stereocenters. The van der Waals surface area contributed by atoms with Crippen molar-refractivity contribution < 1.29 is 9.59 Å². The number of carbonyl (C=O) groups excluding carboxylic acids is 2. The molecule has 1 saturated heterocycles. The molecule has 1 aliphatic heterocycles. The number of aryl methyl sites for hydroxylation is 1. The lowest BCUT2D eigenvalue weighted by molar-refractivity contribution is -0.126. The Kier molecular flexibility index (Phi) is 4.67. The molecule has 0 spiro atoms. The van der Waals surface area contributed by atoms with E-state index in [-0.39, 0.29) is 24.2 Å². The minimum atomic E-state index is -0.290. The number of aromatic nitrogens is 1. The highest BCUT2D eigenvalue weighted by molar-refractivity contribution is 6.00. The SMILES string of the molecule is Cc1ccc(N2CC(C(=O)NCCc3c[nH]c4ccccc34)CC2=O)cc1. The molecule has 4 rings (SSSR count). The Bertz CT molecular complexity index is 975. The van der Waals surface area contributed by atoms with Gasteiger partial charge in [0.2, 0.25) is 11.8 Å². The van der Waals surface area contributed by atoms with Crippen LogP contribution in [-0.4, -0.2) is 29.9 Å². The third kappa shape index (κ3) is 3.58. The molecule has 2 amide bonds. The van der Waals surface area contributed by atoms with Gasteiger partial charge in [0, 0.05) is 42.3 Å². The van der Waals surface area contributed by atoms with Crippen molar-refractivity contribution in [1.82, 2.24) is 10.3 Å². The van der Waals surface area contributed by atoms with Crippen LogP contribution in [0.2, 0.25) is 0 Å². The van der Waals surface area contributed by atoms with Crippen molar-refractivity contribution in [3.63, 3.8) is 0 Å². The number of rotatable bonds is 5. The Morgan fingerprint density at radius 3 is 2.78 bits per heavy atom. The van der Waals surface area contributed by atoms with Gasteiger partial charge >= 0.3 is 0 Å². The van der Waals surface area contributed by atoms with Gasteiger partial charge in [-0.15, -0.1) is 0 Å². The standard InChI is InChI=1S/C22H23N3O2/c1-15-6-8-18(9-7-15)25-14-17(12-21(25)26)22(27)23-11-10-16-13-24-20-5-3-2-4-19(16)20/h2-9,13,17,24H,10-12,14H2,1H3,(H,23,27). The number of nitrogens with zero attached hydrogens (tertiary/aromatic N) is 1. The second kappa shape index (κ2) is 7.27. The summed E-state index contributed by atoms with van der Waals surface area (Å²) in [7, 11) is 0. The van der Waals surface area contributed by atoms with Crippen molar-refractivity contribution >= 4 is 28.4 Å². The molecule has 1 atom stereocenters. The number of hydrogen-bond acceptors (Lipinski definition) is 2. The molecule has 2 N–H and O–H groups in total. The Morgan fingerprint density at radius 2 is 1.96 bits per heavy atom. The highest BCUT2D eigenvalue weighted by atomic mass is 16.2. The van der Waals surface area contributed by atoms with Crippen LogP contribution in [0.4, 0.5) is 5.69 Å². The van der Waals surface area contributed by atoms with Crippen LogP contribution in [0.1, 0.15) is 17.5 Å². The van der Waals surface area contributed by atoms with Crippen LogP contribution in [0.15, 0.2) is 54.7 Å². The van der Waals surface area contributed by atoms with Crippen LogP contribution in [0.5, 0.6) is 0 Å². The summed E-state index contributed by atoms with van der Waals surface area (Å²) in [4.78, 5) is 29.8. The molecule has 1 fully saturated rings. The molecular weight excluding hydrogens is 338 g/mol. The van der Waals surface area contributed by atoms with Crippen LogP contribution in [0.25, 0.3) is 10.9 Å². The summed E-state index contributed by atoms with van der Waals surface area (Å²) < 4.78 is 0. The number of hydrogen-bond donors (Lipinski definition) is 2. The summed E-state index contributed by atoms with van der Waals surface area (Å²) in [6.45, 7) is 3.02. The van der Waals surface area contributed by atoms with Gasteiger partial charge < -0.3 is 15.2 Å². The zero-order valence-corrected chi connectivity index (χ0v) is 15.4. The van der Waals surface area contributed by atoms with Gasteiger partial charge in [0.1, 0.15) is 0 Å². The summed E-state index contributed by atoms with van der Waals surface area (Å²) in [5.41, 5.74) is 4.31. The summed E-state index contributed by atoms with van der Waals surface area (Å²) >= 11 is 0. The van der Waals surface area contributed by atoms with E-state index in [2.05, 4.69) is 16.4 Å². The number of anilines is 1. The molecule has 27 heavy (non-hydrogen) atoms. The molecule has 1 aliphatic rings. The van der Waals surface area contributed by atoms with E-state index < -0.39 is 0 Å². The molecule has 0 radical (unpaired) electrons. The van der Waals surface area contributed by atoms with Crippen LogP contribution >= 0.6 is 0 Å². The van der Waals surface area contributed by atoms with E-state index >= 15 is 0 Å². The molecule has 2 heterocycles. The molecule has 0 aliphatic carbocycles. The smallest absolute Gasteiger partial charge is 0.227 e. The highest BCUT2D eigenvalue weighted by Gasteiger charge is 2.34. The number of nitrogens with one attached hydrogen (secondary N) is 2. The molecule has 5 heteroatoms. The number of benzene rings is 2. The quantitative estimate of drug-likeness (QED) is 0.733. The lowest BCUT2D eigenvalue weighted by Crippen LogP contribution is -2.34. The van der Waals surface area contributed by atoms with Gasteiger partial charge in [-0.2, -0.15) is 0 Å². The van der Waals surface area contributed by atoms with Crippen molar-refractivity contribution in [3.05, 3.63) is 65.9 Å². The first-order valence-electron chi connectivity index (χ1n) is 9.31. The van der Waals surface area contributed by atoms with Gasteiger partial charge in [-0.3, -0.25) is 9.59 Å². The fourth-order valence-electron chi connectivity index (χ4n) is 3.66. The van der Waals surface area contributed by atoms with Crippen molar-refractivity contribution in [3.8, 4) is 0 Å². The van der Waals surface area contributed by atoms with Gasteiger partial charge in [0.25, 0.3) is 0 Å². The first-order valence-corrected chi connectivity index (χ1v) is 9.31. The van der Waals surface area contributed by atoms with E-state index in [0.29, 0.717) is 13.1 Å². The third-order valence-corrected chi connectivity index (χ3v) is 5.21. The fourth-order valence-corrected chi connectivity index (χ4v) is 3.66. The molecule has 3 aromatic rings. The van der Waals surface area contributed by atoms with E-state index in [4.69, 9.17) is 0 Å². The maximum absolute atomic E-state index is 12.5. The molecule has 5 nitrogen and oxygen atoms in total. The molecule has 0 bridgehead atoms. The van der Waals surface area contributed by atoms with Crippen molar-refractivity contribution in [1.29, 1.82) is 0 Å². The molecule has 2 aromatic carbocycles. The minimum absolute atomic E-state index is 0.00984. The Balaban J connectivity index is 1.33. The minimum Gasteiger partial charge on any atom is -0.361 e. The van der Waals surface area contributed by atoms with E-state index in [0.717, 1.165) is 23.2 Å². The first kappa shape index (κ1) is 17.3. The van der Waals surface area contributed by atoms with Gasteiger partial charge in [0.05, 0.1) is 5.92 Å². The Hall–Kier alpha value is -3.08. The second-order valence-corrected chi connectivity index (χ2v) is 7.14. The van der Waals surface area contributed by atoms with Gasteiger partial charge in [-0.1, -0.05) is 35.9 Å². The lowest BCUT2D eigenvalue weighted by atomic mass is 10.1. The van der Waals surface area contributed by atoms with Gasteiger partial charge in [-0.25, -0.2) is 0 Å². The summed E-state index contributed by atoms with van der Waals surface area (Å²) in [6.07, 6.45) is 3.03. The molecule has 0 saturated carbocycles. The normalized spacial score (nSPS) is 16.9. The number of aromatic amines is 1. The Labute approximate surface area is 158 Å². The van der Waals surface area contributed by atoms with Crippen molar-refractivity contribution in [2.24, 2.45) is 5.92 Å². The van der Waals surface area contributed by atoms with Crippen LogP contribution in [-0.2, 0) is 16.0 Å². The average Bonchev–Trinajstić information content (AvgIpc) is 3.26. The van der Waals surface area contributed by atoms with E-state index in [1.807, 2.05) is 55.6 Å². The molecule has 138 valence electrons. The average molecular weight is 361 g/mol. The maximum atomic E-state index is 12.5. The maximum Gasteiger partial charge on any atom is 0.227 e. The number of fused-ring (bicyclic) bond motifs is 1. The van der Waals surface area contributed by atoms with Crippen LogP contribution < -0.4 is 10.2 Å². The fraction of sp³-hybridized carbons (Fsp3) is 0.273. The van der Waals surface area contributed by atoms with Crippen LogP contribution in [0.3, 0.4) is 0 Å². The predicted molar refractivity (Wildman–Crippen MR) is 107 cm³/mol.